The lowest BCUT2D eigenvalue weighted by molar-refractivity contribution is -0.120. The van der Waals surface area contributed by atoms with Gasteiger partial charge in [-0.05, 0) is 12.8 Å². The Morgan fingerprint density at radius 2 is 1.62 bits per heavy atom. The molecule has 0 aromatic carbocycles. The van der Waals surface area contributed by atoms with Crippen LogP contribution in [0.5, 0.6) is 0 Å². The van der Waals surface area contributed by atoms with Crippen LogP contribution < -0.4 is 0 Å². The third-order valence-electron chi connectivity index (χ3n) is 3.00. The molecule has 0 unspecified atom stereocenters. The Morgan fingerprint density at radius 1 is 1.00 bits per heavy atom. The van der Waals surface area contributed by atoms with Gasteiger partial charge in [0.2, 0.25) is 0 Å². The number of hydrogen-bond acceptors (Lipinski definition) is 4. The van der Waals surface area contributed by atoms with Crippen LogP contribution in [0.1, 0.15) is 12.8 Å². The van der Waals surface area contributed by atoms with Gasteiger partial charge in [0.05, 0.1) is 13.2 Å². The van der Waals surface area contributed by atoms with Crippen LogP contribution in [0.25, 0.3) is 0 Å². The minimum atomic E-state index is 0.673. The maximum absolute atomic E-state index is 9.22. The van der Waals surface area contributed by atoms with Crippen LogP contribution in [-0.4, -0.2) is 60.6 Å². The van der Waals surface area contributed by atoms with Gasteiger partial charge < -0.3 is 9.94 Å². The molecule has 0 amide bonds. The Hall–Kier alpha value is -0.160. The molecule has 2 fully saturated rings. The summed E-state index contributed by atoms with van der Waals surface area (Å²) in [6, 6.07) is 0.673. The van der Waals surface area contributed by atoms with Gasteiger partial charge >= 0.3 is 0 Å². The molecule has 2 aliphatic rings. The maximum atomic E-state index is 9.22. The first-order valence-electron chi connectivity index (χ1n) is 5.12. The second-order valence-corrected chi connectivity index (χ2v) is 3.83. The van der Waals surface area contributed by atoms with Gasteiger partial charge in [0.25, 0.3) is 0 Å². The summed E-state index contributed by atoms with van der Waals surface area (Å²) in [5.41, 5.74) is 0. The van der Waals surface area contributed by atoms with E-state index in [4.69, 9.17) is 4.74 Å². The highest BCUT2D eigenvalue weighted by Crippen LogP contribution is 2.16. The lowest BCUT2D eigenvalue weighted by Crippen LogP contribution is -2.48. The highest BCUT2D eigenvalue weighted by atomic mass is 16.5. The molecule has 0 saturated carbocycles. The average molecular weight is 186 g/mol. The molecule has 0 aromatic rings. The van der Waals surface area contributed by atoms with Crippen molar-refractivity contribution in [1.82, 2.24) is 9.96 Å². The van der Waals surface area contributed by atoms with Crippen LogP contribution in [0.2, 0.25) is 0 Å². The second kappa shape index (κ2) is 4.37. The third-order valence-corrected chi connectivity index (χ3v) is 3.00. The molecule has 0 spiro atoms. The van der Waals surface area contributed by atoms with Gasteiger partial charge in [-0.25, -0.2) is 0 Å². The maximum Gasteiger partial charge on any atom is 0.0594 e. The van der Waals surface area contributed by atoms with Crippen molar-refractivity contribution in [2.45, 2.75) is 18.9 Å². The van der Waals surface area contributed by atoms with E-state index < -0.39 is 0 Å². The van der Waals surface area contributed by atoms with E-state index in [2.05, 4.69) is 4.90 Å². The summed E-state index contributed by atoms with van der Waals surface area (Å²) in [4.78, 5) is 2.50. The zero-order valence-electron chi connectivity index (χ0n) is 7.98. The van der Waals surface area contributed by atoms with Crippen molar-refractivity contribution in [3.8, 4) is 0 Å². The number of rotatable bonds is 1. The first-order valence-corrected chi connectivity index (χ1v) is 5.12. The Labute approximate surface area is 79.0 Å². The Balaban J connectivity index is 1.79. The average Bonchev–Trinajstić information content (AvgIpc) is 2.20. The zero-order chi connectivity index (χ0) is 9.10. The molecule has 2 rings (SSSR count). The topological polar surface area (TPSA) is 35.9 Å². The molecule has 0 bridgehead atoms. The van der Waals surface area contributed by atoms with Gasteiger partial charge in [-0.1, -0.05) is 0 Å². The predicted molar refractivity (Wildman–Crippen MR) is 48.8 cm³/mol. The van der Waals surface area contributed by atoms with Gasteiger partial charge in [-0.3, -0.25) is 4.90 Å². The van der Waals surface area contributed by atoms with E-state index in [1.165, 1.54) is 5.06 Å². The van der Waals surface area contributed by atoms with Crippen LogP contribution in [-0.2, 0) is 4.74 Å². The molecule has 0 aliphatic carbocycles. The standard InChI is InChI=1S/C9H18N2O2/c12-11-3-1-9(2-4-11)10-5-7-13-8-6-10/h9,12H,1-8H2. The highest BCUT2D eigenvalue weighted by molar-refractivity contribution is 4.78. The number of nitrogens with zero attached hydrogens (tertiary/aromatic N) is 2. The van der Waals surface area contributed by atoms with E-state index in [1.54, 1.807) is 0 Å². The summed E-state index contributed by atoms with van der Waals surface area (Å²) >= 11 is 0. The summed E-state index contributed by atoms with van der Waals surface area (Å²) in [6.45, 7) is 5.52. The van der Waals surface area contributed by atoms with Crippen molar-refractivity contribution in [1.29, 1.82) is 0 Å². The van der Waals surface area contributed by atoms with Crippen LogP contribution >= 0.6 is 0 Å². The van der Waals surface area contributed by atoms with Gasteiger partial charge in [-0.15, -0.1) is 0 Å². The van der Waals surface area contributed by atoms with Crippen LogP contribution in [0.15, 0.2) is 0 Å². The lowest BCUT2D eigenvalue weighted by Gasteiger charge is -2.38. The summed E-state index contributed by atoms with van der Waals surface area (Å²) in [6.07, 6.45) is 2.19. The van der Waals surface area contributed by atoms with Crippen molar-refractivity contribution in [3.05, 3.63) is 0 Å². The molecule has 76 valence electrons. The normalized spacial score (nSPS) is 29.3. The Kier molecular flexibility index (Phi) is 3.16. The van der Waals surface area contributed by atoms with Gasteiger partial charge in [0.15, 0.2) is 0 Å². The van der Waals surface area contributed by atoms with Gasteiger partial charge in [-0.2, -0.15) is 5.06 Å². The third kappa shape index (κ3) is 2.40. The molecule has 2 saturated heterocycles. The van der Waals surface area contributed by atoms with Gasteiger partial charge in [0.1, 0.15) is 0 Å². The first kappa shape index (κ1) is 9.40. The van der Waals surface area contributed by atoms with E-state index in [0.29, 0.717) is 6.04 Å². The molecular weight excluding hydrogens is 168 g/mol. The number of ether oxygens (including phenoxy) is 1. The first-order chi connectivity index (χ1) is 6.36. The van der Waals surface area contributed by atoms with Crippen molar-refractivity contribution in [2.75, 3.05) is 39.4 Å². The van der Waals surface area contributed by atoms with E-state index in [9.17, 15) is 5.21 Å². The largest absolute Gasteiger partial charge is 0.379 e. The molecule has 1 N–H and O–H groups in total. The summed E-state index contributed by atoms with van der Waals surface area (Å²) in [5, 5.41) is 10.6. The summed E-state index contributed by atoms with van der Waals surface area (Å²) < 4.78 is 5.31. The fourth-order valence-corrected chi connectivity index (χ4v) is 2.16. The molecule has 2 heterocycles. The Morgan fingerprint density at radius 3 is 2.23 bits per heavy atom. The van der Waals surface area contributed by atoms with Crippen LogP contribution in [0.3, 0.4) is 0 Å². The number of morpholine rings is 1. The predicted octanol–water partition coefficient (Wildman–Crippen LogP) is 0.172. The van der Waals surface area contributed by atoms with Crippen molar-refractivity contribution >= 4 is 0 Å². The molecule has 13 heavy (non-hydrogen) atoms. The SMILES string of the molecule is ON1CCC(N2CCOCC2)CC1. The summed E-state index contributed by atoms with van der Waals surface area (Å²) in [7, 11) is 0. The van der Waals surface area contributed by atoms with Crippen LogP contribution in [0, 0.1) is 0 Å². The molecule has 0 radical (unpaired) electrons. The minimum absolute atomic E-state index is 0.673. The zero-order valence-corrected chi connectivity index (χ0v) is 7.98. The number of piperidine rings is 1. The van der Waals surface area contributed by atoms with Crippen molar-refractivity contribution < 1.29 is 9.94 Å². The fraction of sp³-hybridized carbons (Fsp3) is 1.00. The monoisotopic (exact) mass is 186 g/mol. The molecule has 2 aliphatic heterocycles. The number of hydrogen-bond donors (Lipinski definition) is 1. The quantitative estimate of drug-likeness (QED) is 0.633. The lowest BCUT2D eigenvalue weighted by atomic mass is 10.0. The van der Waals surface area contributed by atoms with Gasteiger partial charge in [0, 0.05) is 32.2 Å². The molecular formula is C9H18N2O2. The van der Waals surface area contributed by atoms with E-state index >= 15 is 0 Å². The van der Waals surface area contributed by atoms with E-state index in [1.807, 2.05) is 0 Å². The Bertz CT molecular complexity index is 152. The summed E-state index contributed by atoms with van der Waals surface area (Å²) in [5.74, 6) is 0. The van der Waals surface area contributed by atoms with Crippen LogP contribution in [0.4, 0.5) is 0 Å². The van der Waals surface area contributed by atoms with E-state index in [-0.39, 0.29) is 0 Å². The molecule has 0 atom stereocenters. The highest BCUT2D eigenvalue weighted by Gasteiger charge is 2.24. The molecule has 4 nitrogen and oxygen atoms in total. The van der Waals surface area contributed by atoms with Crippen molar-refractivity contribution in [3.63, 3.8) is 0 Å². The molecule has 4 heteroatoms. The molecule has 0 aromatic heterocycles. The smallest absolute Gasteiger partial charge is 0.0594 e. The van der Waals surface area contributed by atoms with Crippen molar-refractivity contribution in [2.24, 2.45) is 0 Å². The second-order valence-electron chi connectivity index (χ2n) is 3.83. The fourth-order valence-electron chi connectivity index (χ4n) is 2.16. The minimum Gasteiger partial charge on any atom is -0.379 e. The number of hydroxylamine groups is 2. The van der Waals surface area contributed by atoms with E-state index in [0.717, 1.165) is 52.2 Å².